The second-order valence-corrected chi connectivity index (χ2v) is 6.30. The van der Waals surface area contributed by atoms with E-state index in [4.69, 9.17) is 8.94 Å². The Kier molecular flexibility index (Phi) is 3.27. The Balaban J connectivity index is 1.81. The van der Waals surface area contributed by atoms with Gasteiger partial charge in [0.05, 0.1) is 5.52 Å². The monoisotopic (exact) mass is 302 g/mol. The van der Waals surface area contributed by atoms with Crippen molar-refractivity contribution in [1.82, 2.24) is 15.1 Å². The zero-order chi connectivity index (χ0) is 15.9. The maximum atomic E-state index is 11.2. The van der Waals surface area contributed by atoms with Crippen LogP contribution in [-0.4, -0.2) is 15.1 Å². The first-order valence-electron chi connectivity index (χ1n) is 7.06. The number of nitrogens with zero attached hydrogens (tertiary/aromatic N) is 2. The van der Waals surface area contributed by atoms with Crippen molar-refractivity contribution in [3.63, 3.8) is 0 Å². The Morgan fingerprint density at radius 1 is 1.32 bits per heavy atom. The third kappa shape index (κ3) is 2.74. The predicted octanol–water partition coefficient (Wildman–Crippen LogP) is 2.97. The molecule has 0 aliphatic carbocycles. The number of H-pyrrole nitrogens is 1. The van der Waals surface area contributed by atoms with Gasteiger partial charge in [0, 0.05) is 11.1 Å². The van der Waals surface area contributed by atoms with Crippen molar-refractivity contribution in [1.29, 1.82) is 0 Å². The summed E-state index contributed by atoms with van der Waals surface area (Å²) < 4.78 is 10.3. The number of hydrogen-bond acceptors (Lipinski definition) is 6. The minimum atomic E-state index is -0.466. The zero-order valence-electron chi connectivity index (χ0n) is 12.9. The van der Waals surface area contributed by atoms with Crippen molar-refractivity contribution in [2.24, 2.45) is 0 Å². The van der Waals surface area contributed by atoms with Gasteiger partial charge >= 0.3 is 5.76 Å². The molecule has 0 amide bonds. The molecule has 0 spiro atoms. The molecule has 0 saturated heterocycles. The van der Waals surface area contributed by atoms with Crippen LogP contribution in [0, 0.1) is 0 Å². The fourth-order valence-electron chi connectivity index (χ4n) is 2.07. The predicted molar refractivity (Wildman–Crippen MR) is 81.9 cm³/mol. The van der Waals surface area contributed by atoms with E-state index in [0.29, 0.717) is 22.8 Å². The summed E-state index contributed by atoms with van der Waals surface area (Å²) in [7, 11) is 0. The van der Waals surface area contributed by atoms with Gasteiger partial charge in [-0.1, -0.05) is 25.9 Å². The molecule has 7 heteroatoms. The van der Waals surface area contributed by atoms with E-state index in [-0.39, 0.29) is 11.5 Å². The van der Waals surface area contributed by atoms with Crippen LogP contribution < -0.4 is 11.1 Å². The molecule has 1 aromatic carbocycles. The quantitative estimate of drug-likeness (QED) is 0.772. The Morgan fingerprint density at radius 2 is 2.09 bits per heavy atom. The van der Waals surface area contributed by atoms with Crippen LogP contribution in [0.1, 0.15) is 45.5 Å². The fourth-order valence-corrected chi connectivity index (χ4v) is 2.07. The summed E-state index contributed by atoms with van der Waals surface area (Å²) in [6, 6.07) is 5.21. The topological polar surface area (TPSA) is 97.0 Å². The molecule has 1 atom stereocenters. The summed E-state index contributed by atoms with van der Waals surface area (Å²) in [4.78, 5) is 18.2. The van der Waals surface area contributed by atoms with Gasteiger partial charge in [-0.3, -0.25) is 4.98 Å². The first kappa shape index (κ1) is 14.4. The van der Waals surface area contributed by atoms with E-state index in [1.807, 2.05) is 33.8 Å². The van der Waals surface area contributed by atoms with Gasteiger partial charge in [-0.15, -0.1) is 0 Å². The molecule has 3 rings (SSSR count). The number of oxazole rings is 1. The summed E-state index contributed by atoms with van der Waals surface area (Å²) in [5.74, 6) is 0.725. The number of hydrogen-bond donors (Lipinski definition) is 2. The van der Waals surface area contributed by atoms with E-state index in [1.54, 1.807) is 12.1 Å². The van der Waals surface area contributed by atoms with Gasteiger partial charge in [-0.2, -0.15) is 4.98 Å². The molecule has 7 nitrogen and oxygen atoms in total. The van der Waals surface area contributed by atoms with Crippen LogP contribution in [0.2, 0.25) is 0 Å². The van der Waals surface area contributed by atoms with E-state index >= 15 is 0 Å². The van der Waals surface area contributed by atoms with E-state index in [9.17, 15) is 4.79 Å². The normalized spacial score (nSPS) is 13.5. The second kappa shape index (κ2) is 5.01. The average molecular weight is 302 g/mol. The van der Waals surface area contributed by atoms with E-state index in [2.05, 4.69) is 20.4 Å². The van der Waals surface area contributed by atoms with Crippen LogP contribution in [0.4, 0.5) is 5.69 Å². The Bertz CT molecular complexity index is 853. The lowest BCUT2D eigenvalue weighted by Gasteiger charge is -2.12. The summed E-state index contributed by atoms with van der Waals surface area (Å²) in [6.45, 7) is 8.02. The van der Waals surface area contributed by atoms with Gasteiger partial charge in [0.1, 0.15) is 6.04 Å². The van der Waals surface area contributed by atoms with E-state index < -0.39 is 5.76 Å². The first-order chi connectivity index (χ1) is 10.3. The number of rotatable bonds is 3. The van der Waals surface area contributed by atoms with Gasteiger partial charge in [0.15, 0.2) is 11.4 Å². The van der Waals surface area contributed by atoms with Gasteiger partial charge in [-0.05, 0) is 25.1 Å². The van der Waals surface area contributed by atoms with Gasteiger partial charge in [0.2, 0.25) is 5.89 Å². The fraction of sp³-hybridized carbons (Fsp3) is 0.400. The minimum absolute atomic E-state index is 0.153. The molecule has 3 aromatic rings. The third-order valence-electron chi connectivity index (χ3n) is 3.29. The molecule has 2 heterocycles. The lowest BCUT2D eigenvalue weighted by atomic mass is 9.96. The lowest BCUT2D eigenvalue weighted by molar-refractivity contribution is 0.354. The molecule has 0 aliphatic heterocycles. The number of anilines is 1. The third-order valence-corrected chi connectivity index (χ3v) is 3.29. The molecular formula is C15H18N4O3. The molecule has 2 aromatic heterocycles. The van der Waals surface area contributed by atoms with Crippen molar-refractivity contribution >= 4 is 16.8 Å². The van der Waals surface area contributed by atoms with Gasteiger partial charge < -0.3 is 14.3 Å². The van der Waals surface area contributed by atoms with Gasteiger partial charge in [-0.25, -0.2) is 4.79 Å². The molecule has 0 fully saturated rings. The van der Waals surface area contributed by atoms with Crippen molar-refractivity contribution in [3.05, 3.63) is 40.5 Å². The molecule has 0 saturated carbocycles. The van der Waals surface area contributed by atoms with Gasteiger partial charge in [0.25, 0.3) is 0 Å². The smallest absolute Gasteiger partial charge is 0.408 e. The van der Waals surface area contributed by atoms with Crippen LogP contribution >= 0.6 is 0 Å². The number of aromatic nitrogens is 3. The maximum Gasteiger partial charge on any atom is 0.417 e. The van der Waals surface area contributed by atoms with Crippen molar-refractivity contribution < 1.29 is 8.94 Å². The molecular weight excluding hydrogens is 284 g/mol. The molecule has 0 unspecified atom stereocenters. The first-order valence-corrected chi connectivity index (χ1v) is 7.06. The van der Waals surface area contributed by atoms with E-state index in [0.717, 1.165) is 5.69 Å². The van der Waals surface area contributed by atoms with E-state index in [1.165, 1.54) is 0 Å². The largest absolute Gasteiger partial charge is 0.417 e. The lowest BCUT2D eigenvalue weighted by Crippen LogP contribution is -2.14. The average Bonchev–Trinajstić information content (AvgIpc) is 3.02. The summed E-state index contributed by atoms with van der Waals surface area (Å²) in [6.07, 6.45) is 0. The van der Waals surface area contributed by atoms with Crippen LogP contribution in [0.3, 0.4) is 0 Å². The maximum absolute atomic E-state index is 11.2. The zero-order valence-corrected chi connectivity index (χ0v) is 12.9. The van der Waals surface area contributed by atoms with Crippen LogP contribution in [0.25, 0.3) is 11.1 Å². The standard InChI is InChI=1S/C15H18N4O3/c1-8(12-18-13(19-22-12)15(2,3)4)16-9-5-6-11-10(7-9)17-14(20)21-11/h5-8,16H,1-4H3,(H,17,20)/t8-/m0/s1. The highest BCUT2D eigenvalue weighted by molar-refractivity contribution is 5.76. The molecule has 116 valence electrons. The number of aromatic amines is 1. The second-order valence-electron chi connectivity index (χ2n) is 6.30. The molecule has 0 radical (unpaired) electrons. The van der Waals surface area contributed by atoms with Crippen LogP contribution in [0.5, 0.6) is 0 Å². The summed E-state index contributed by atoms with van der Waals surface area (Å²) in [5.41, 5.74) is 1.84. The summed E-state index contributed by atoms with van der Waals surface area (Å²) in [5, 5.41) is 7.28. The number of fused-ring (bicyclic) bond motifs is 1. The highest BCUT2D eigenvalue weighted by Crippen LogP contribution is 2.24. The number of nitrogens with one attached hydrogen (secondary N) is 2. The van der Waals surface area contributed by atoms with Crippen molar-refractivity contribution in [2.75, 3.05) is 5.32 Å². The molecule has 22 heavy (non-hydrogen) atoms. The molecule has 0 aliphatic rings. The minimum Gasteiger partial charge on any atom is -0.408 e. The summed E-state index contributed by atoms with van der Waals surface area (Å²) >= 11 is 0. The SMILES string of the molecule is C[C@H](Nc1ccc2oc(=O)[nH]c2c1)c1nc(C(C)(C)C)no1. The Morgan fingerprint density at radius 3 is 2.77 bits per heavy atom. The highest BCUT2D eigenvalue weighted by atomic mass is 16.5. The Labute approximate surface area is 126 Å². The highest BCUT2D eigenvalue weighted by Gasteiger charge is 2.23. The van der Waals surface area contributed by atoms with Crippen LogP contribution in [-0.2, 0) is 5.41 Å². The molecule has 2 N–H and O–H groups in total. The molecule has 0 bridgehead atoms. The number of benzene rings is 1. The van der Waals surface area contributed by atoms with Crippen molar-refractivity contribution in [3.8, 4) is 0 Å². The van der Waals surface area contributed by atoms with Crippen LogP contribution in [0.15, 0.2) is 31.9 Å². The van der Waals surface area contributed by atoms with Crippen molar-refractivity contribution in [2.45, 2.75) is 39.2 Å². The Hall–Kier alpha value is -2.57.